The summed E-state index contributed by atoms with van der Waals surface area (Å²) in [5.41, 5.74) is -0.0885. The van der Waals surface area contributed by atoms with Gasteiger partial charge in [0.15, 0.2) is 15.8 Å². The molecule has 0 aromatic heterocycles. The quantitative estimate of drug-likeness (QED) is 0.459. The average Bonchev–Trinajstić information content (AvgIpc) is 2.60. The van der Waals surface area contributed by atoms with Gasteiger partial charge in [-0.3, -0.25) is 4.99 Å². The van der Waals surface area contributed by atoms with Gasteiger partial charge in [0.25, 0.3) is 0 Å². The second-order valence-electron chi connectivity index (χ2n) is 6.00. The second-order valence-corrected chi connectivity index (χ2v) is 8.23. The van der Waals surface area contributed by atoms with Crippen LogP contribution in [0.1, 0.15) is 27.2 Å². The van der Waals surface area contributed by atoms with Crippen molar-refractivity contribution in [2.45, 2.75) is 32.7 Å². The highest BCUT2D eigenvalue weighted by molar-refractivity contribution is 7.91. The molecule has 1 heterocycles. The Labute approximate surface area is 116 Å². The van der Waals surface area contributed by atoms with Crippen LogP contribution in [0.25, 0.3) is 0 Å². The Kier molecular flexibility index (Phi) is 5.40. The molecule has 19 heavy (non-hydrogen) atoms. The highest BCUT2D eigenvalue weighted by atomic mass is 32.2. The number of nitrogens with one attached hydrogen (secondary N) is 2. The molecule has 1 atom stereocenters. The van der Waals surface area contributed by atoms with Gasteiger partial charge in [0.2, 0.25) is 0 Å². The van der Waals surface area contributed by atoms with E-state index in [4.69, 9.17) is 0 Å². The normalized spacial score (nSPS) is 23.1. The molecular weight excluding hydrogens is 262 g/mol. The number of nitrogens with zero attached hydrogens (tertiary/aromatic N) is 1. The van der Waals surface area contributed by atoms with Gasteiger partial charge in [0.05, 0.1) is 11.5 Å². The third kappa shape index (κ3) is 6.61. The molecule has 1 unspecified atom stereocenters. The largest absolute Gasteiger partial charge is 0.353 e. The van der Waals surface area contributed by atoms with Gasteiger partial charge in [-0.05, 0) is 33.1 Å². The van der Waals surface area contributed by atoms with Crippen LogP contribution < -0.4 is 10.6 Å². The Morgan fingerprint density at radius 3 is 2.63 bits per heavy atom. The fraction of sp³-hybridized carbons (Fsp3) is 0.769. The Bertz CT molecular complexity index is 435. The first-order chi connectivity index (χ1) is 8.72. The fourth-order valence-corrected chi connectivity index (χ4v) is 3.75. The van der Waals surface area contributed by atoms with Crippen LogP contribution in [0.3, 0.4) is 0 Å². The first-order valence-electron chi connectivity index (χ1n) is 6.60. The van der Waals surface area contributed by atoms with E-state index < -0.39 is 9.84 Å². The summed E-state index contributed by atoms with van der Waals surface area (Å²) in [5.74, 6) is 1.42. The van der Waals surface area contributed by atoms with Crippen molar-refractivity contribution in [2.24, 2.45) is 10.9 Å². The third-order valence-corrected chi connectivity index (χ3v) is 4.58. The van der Waals surface area contributed by atoms with Crippen molar-refractivity contribution >= 4 is 15.8 Å². The average molecular weight is 287 g/mol. The summed E-state index contributed by atoms with van der Waals surface area (Å²) in [6.07, 6.45) is 2.48. The summed E-state index contributed by atoms with van der Waals surface area (Å²) in [4.78, 5) is 4.48. The summed E-state index contributed by atoms with van der Waals surface area (Å²) in [7, 11) is -2.82. The monoisotopic (exact) mass is 287 g/mol. The van der Waals surface area contributed by atoms with Gasteiger partial charge in [0.1, 0.15) is 0 Å². The smallest absolute Gasteiger partial charge is 0.191 e. The van der Waals surface area contributed by atoms with Crippen molar-refractivity contribution < 1.29 is 8.42 Å². The van der Waals surface area contributed by atoms with Crippen molar-refractivity contribution in [2.75, 3.05) is 24.6 Å². The highest BCUT2D eigenvalue weighted by Gasteiger charge is 2.27. The molecule has 0 amide bonds. The Morgan fingerprint density at radius 1 is 1.47 bits per heavy atom. The minimum Gasteiger partial charge on any atom is -0.353 e. The van der Waals surface area contributed by atoms with Crippen molar-refractivity contribution in [1.82, 2.24) is 10.6 Å². The first-order valence-corrected chi connectivity index (χ1v) is 8.42. The molecule has 1 fully saturated rings. The van der Waals surface area contributed by atoms with Crippen LogP contribution in [0.5, 0.6) is 0 Å². The standard InChI is InChI=1S/C13H25N3O2S/c1-5-7-14-12(16-13(2,3)4)15-9-11-6-8-19(17,18)10-11/h5,11H,1,6-10H2,2-4H3,(H2,14,15,16). The lowest BCUT2D eigenvalue weighted by Crippen LogP contribution is -2.47. The van der Waals surface area contributed by atoms with Crippen LogP contribution in [0.4, 0.5) is 0 Å². The Balaban J connectivity index is 2.59. The minimum absolute atomic E-state index is 0.0885. The van der Waals surface area contributed by atoms with Crippen molar-refractivity contribution in [1.29, 1.82) is 0 Å². The topological polar surface area (TPSA) is 70.6 Å². The maximum atomic E-state index is 11.4. The highest BCUT2D eigenvalue weighted by Crippen LogP contribution is 2.18. The second kappa shape index (κ2) is 6.41. The molecule has 0 aliphatic carbocycles. The molecule has 0 aromatic carbocycles. The SMILES string of the molecule is C=CCNC(=NCC1CCS(=O)(=O)C1)NC(C)(C)C. The van der Waals surface area contributed by atoms with Gasteiger partial charge < -0.3 is 10.6 Å². The summed E-state index contributed by atoms with van der Waals surface area (Å²) in [6.45, 7) is 11.0. The van der Waals surface area contributed by atoms with Gasteiger partial charge in [-0.25, -0.2) is 8.42 Å². The van der Waals surface area contributed by atoms with Gasteiger partial charge in [-0.15, -0.1) is 6.58 Å². The first kappa shape index (κ1) is 16.0. The zero-order chi connectivity index (χ0) is 14.5. The summed E-state index contributed by atoms with van der Waals surface area (Å²) in [5, 5.41) is 6.42. The summed E-state index contributed by atoms with van der Waals surface area (Å²) >= 11 is 0. The molecule has 6 heteroatoms. The van der Waals surface area contributed by atoms with Crippen molar-refractivity contribution in [3.63, 3.8) is 0 Å². The molecule has 1 aliphatic heterocycles. The summed E-state index contributed by atoms with van der Waals surface area (Å²) in [6, 6.07) is 0. The molecule has 0 bridgehead atoms. The van der Waals surface area contributed by atoms with Crippen LogP contribution in [0.2, 0.25) is 0 Å². The van der Waals surface area contributed by atoms with Crippen LogP contribution in [0.15, 0.2) is 17.6 Å². The number of hydrogen-bond donors (Lipinski definition) is 2. The molecule has 0 saturated carbocycles. The maximum absolute atomic E-state index is 11.4. The van der Waals surface area contributed by atoms with Gasteiger partial charge in [-0.2, -0.15) is 0 Å². The van der Waals surface area contributed by atoms with E-state index in [1.54, 1.807) is 6.08 Å². The molecule has 5 nitrogen and oxygen atoms in total. The number of hydrogen-bond acceptors (Lipinski definition) is 3. The molecule has 2 N–H and O–H groups in total. The van der Waals surface area contributed by atoms with E-state index in [1.807, 2.05) is 0 Å². The predicted octanol–water partition coefficient (Wildman–Crippen LogP) is 0.941. The van der Waals surface area contributed by atoms with E-state index in [1.165, 1.54) is 0 Å². The van der Waals surface area contributed by atoms with E-state index in [0.29, 0.717) is 24.8 Å². The van der Waals surface area contributed by atoms with E-state index in [2.05, 4.69) is 43.0 Å². The lowest BCUT2D eigenvalue weighted by Gasteiger charge is -2.24. The van der Waals surface area contributed by atoms with Gasteiger partial charge >= 0.3 is 0 Å². The Hall–Kier alpha value is -1.04. The maximum Gasteiger partial charge on any atom is 0.191 e. The predicted molar refractivity (Wildman–Crippen MR) is 80.2 cm³/mol. The van der Waals surface area contributed by atoms with Crippen LogP contribution >= 0.6 is 0 Å². The van der Waals surface area contributed by atoms with Crippen LogP contribution in [-0.2, 0) is 9.84 Å². The third-order valence-electron chi connectivity index (χ3n) is 2.74. The molecule has 1 aliphatic rings. The molecule has 110 valence electrons. The van der Waals surface area contributed by atoms with Crippen molar-refractivity contribution in [3.8, 4) is 0 Å². The van der Waals surface area contributed by atoms with Crippen LogP contribution in [-0.4, -0.2) is 44.5 Å². The molecule has 0 aromatic rings. The molecular formula is C13H25N3O2S. The van der Waals surface area contributed by atoms with Crippen molar-refractivity contribution in [3.05, 3.63) is 12.7 Å². The lowest BCUT2D eigenvalue weighted by molar-refractivity contribution is 0.499. The molecule has 1 saturated heterocycles. The van der Waals surface area contributed by atoms with Gasteiger partial charge in [-0.1, -0.05) is 6.08 Å². The number of rotatable bonds is 4. The number of sulfone groups is 1. The number of guanidine groups is 1. The van der Waals surface area contributed by atoms with E-state index in [-0.39, 0.29) is 17.2 Å². The minimum atomic E-state index is -2.82. The van der Waals surface area contributed by atoms with E-state index in [9.17, 15) is 8.42 Å². The van der Waals surface area contributed by atoms with E-state index >= 15 is 0 Å². The summed E-state index contributed by atoms with van der Waals surface area (Å²) < 4.78 is 22.8. The Morgan fingerprint density at radius 2 is 2.16 bits per heavy atom. The van der Waals surface area contributed by atoms with Gasteiger partial charge in [0, 0.05) is 18.6 Å². The molecule has 1 rings (SSSR count). The molecule has 0 radical (unpaired) electrons. The zero-order valence-electron chi connectivity index (χ0n) is 12.1. The van der Waals surface area contributed by atoms with Crippen LogP contribution in [0, 0.1) is 5.92 Å². The number of aliphatic imine (C=N–C) groups is 1. The zero-order valence-corrected chi connectivity index (χ0v) is 12.9. The molecule has 0 spiro atoms. The fourth-order valence-electron chi connectivity index (χ4n) is 1.90. The van der Waals surface area contributed by atoms with E-state index in [0.717, 1.165) is 6.42 Å². The lowest BCUT2D eigenvalue weighted by atomic mass is 10.1.